The Morgan fingerprint density at radius 2 is 1.93 bits per heavy atom. The number of hydrogen-bond donors (Lipinski definition) is 0. The summed E-state index contributed by atoms with van der Waals surface area (Å²) >= 11 is 0. The molecule has 27 heavy (non-hydrogen) atoms. The van der Waals surface area contributed by atoms with Crippen molar-refractivity contribution in [2.45, 2.75) is 91.9 Å². The third kappa shape index (κ3) is 4.87. The molecular formula is C27H42. The molecule has 0 aliphatic heterocycles. The Labute approximate surface area is 168 Å². The molecule has 0 aromatic rings. The molecule has 4 atom stereocenters. The highest BCUT2D eigenvalue weighted by atomic mass is 14.5. The minimum atomic E-state index is 0.529. The topological polar surface area (TPSA) is 0 Å². The quantitative estimate of drug-likeness (QED) is 0.428. The summed E-state index contributed by atoms with van der Waals surface area (Å²) in [5.41, 5.74) is 5.19. The number of fused-ring (bicyclic) bond motifs is 1. The third-order valence-electron chi connectivity index (χ3n) is 7.82. The van der Waals surface area contributed by atoms with Crippen molar-refractivity contribution in [1.82, 2.24) is 0 Å². The predicted molar refractivity (Wildman–Crippen MR) is 120 cm³/mol. The van der Waals surface area contributed by atoms with Gasteiger partial charge in [-0.05, 0) is 98.9 Å². The fraction of sp³-hybridized carbons (Fsp3) is 0.704. The molecule has 0 bridgehead atoms. The largest absolute Gasteiger partial charge is 0.0956 e. The van der Waals surface area contributed by atoms with Crippen LogP contribution in [0.15, 0.2) is 47.6 Å². The lowest BCUT2D eigenvalue weighted by Gasteiger charge is -2.42. The molecule has 0 spiro atoms. The van der Waals surface area contributed by atoms with E-state index in [1.165, 1.54) is 75.4 Å². The molecule has 0 nitrogen and oxygen atoms in total. The Morgan fingerprint density at radius 3 is 2.70 bits per heavy atom. The summed E-state index contributed by atoms with van der Waals surface area (Å²) in [6.07, 6.45) is 23.1. The standard InChI is InChI=1S/C27H42/c1-20(2)9-6-7-11-25-16-17-26-23(10-8-18-27(25,26)5)14-15-24-19-21(3)12-13-22(24)4/h6-7,14-15,20-21,25-26H,4,8-13,16-19H2,1-3,5H3/b7-6+,23-14+,24-15+/t21-,25-,26?,27+/m0/s1. The second kappa shape index (κ2) is 8.97. The minimum Gasteiger partial charge on any atom is -0.0956 e. The van der Waals surface area contributed by atoms with Gasteiger partial charge in [0.15, 0.2) is 0 Å². The van der Waals surface area contributed by atoms with Crippen molar-refractivity contribution >= 4 is 0 Å². The normalized spacial score (nSPS) is 37.7. The Hall–Kier alpha value is -1.04. The lowest BCUT2D eigenvalue weighted by molar-refractivity contribution is 0.137. The highest BCUT2D eigenvalue weighted by Crippen LogP contribution is 2.58. The van der Waals surface area contributed by atoms with E-state index in [-0.39, 0.29) is 0 Å². The number of hydrogen-bond acceptors (Lipinski definition) is 0. The summed E-state index contributed by atoms with van der Waals surface area (Å²) in [6, 6.07) is 0. The zero-order valence-electron chi connectivity index (χ0n) is 18.4. The van der Waals surface area contributed by atoms with Crippen LogP contribution in [0, 0.1) is 29.1 Å². The summed E-state index contributed by atoms with van der Waals surface area (Å²) in [6.45, 7) is 14.0. The molecule has 0 amide bonds. The number of allylic oxidation sites excluding steroid dienone is 7. The van der Waals surface area contributed by atoms with Crippen molar-refractivity contribution in [2.24, 2.45) is 29.1 Å². The van der Waals surface area contributed by atoms with Crippen molar-refractivity contribution in [2.75, 3.05) is 0 Å². The highest BCUT2D eigenvalue weighted by Gasteiger charge is 2.48. The summed E-state index contributed by atoms with van der Waals surface area (Å²) in [4.78, 5) is 0. The van der Waals surface area contributed by atoms with E-state index in [2.05, 4.69) is 58.6 Å². The van der Waals surface area contributed by atoms with Crippen LogP contribution in [0.5, 0.6) is 0 Å². The van der Waals surface area contributed by atoms with Gasteiger partial charge in [-0.15, -0.1) is 0 Å². The molecule has 0 aromatic carbocycles. The smallest absolute Gasteiger partial charge is 0.0143 e. The Balaban J connectivity index is 1.69. The van der Waals surface area contributed by atoms with E-state index in [9.17, 15) is 0 Å². The SMILES string of the molecule is C=C1CC[C@H](C)C/C1=C\C=C1/CCC[C@@]2(C)C1CC[C@@H]2C/C=C/CC(C)C. The second-order valence-electron chi connectivity index (χ2n) is 10.4. The maximum atomic E-state index is 4.33. The van der Waals surface area contributed by atoms with Gasteiger partial charge in [-0.25, -0.2) is 0 Å². The van der Waals surface area contributed by atoms with E-state index in [1.54, 1.807) is 5.57 Å². The average Bonchev–Trinajstić information content (AvgIpc) is 2.96. The van der Waals surface area contributed by atoms with Crippen LogP contribution in [0.1, 0.15) is 91.9 Å². The van der Waals surface area contributed by atoms with Crippen LogP contribution in [0.4, 0.5) is 0 Å². The molecule has 0 aromatic heterocycles. The summed E-state index contributed by atoms with van der Waals surface area (Å²) in [5, 5.41) is 0. The van der Waals surface area contributed by atoms with E-state index >= 15 is 0 Å². The Bertz CT molecular complexity index is 614. The van der Waals surface area contributed by atoms with Gasteiger partial charge in [0.25, 0.3) is 0 Å². The molecule has 3 fully saturated rings. The summed E-state index contributed by atoms with van der Waals surface area (Å²) < 4.78 is 0. The Morgan fingerprint density at radius 1 is 1.11 bits per heavy atom. The van der Waals surface area contributed by atoms with Crippen LogP contribution >= 0.6 is 0 Å². The van der Waals surface area contributed by atoms with Crippen molar-refractivity contribution in [3.63, 3.8) is 0 Å². The monoisotopic (exact) mass is 366 g/mol. The van der Waals surface area contributed by atoms with Gasteiger partial charge in [0.1, 0.15) is 0 Å². The zero-order chi connectivity index (χ0) is 19.4. The maximum absolute atomic E-state index is 4.33. The zero-order valence-corrected chi connectivity index (χ0v) is 18.4. The van der Waals surface area contributed by atoms with Gasteiger partial charge in [0, 0.05) is 0 Å². The van der Waals surface area contributed by atoms with Crippen molar-refractivity contribution in [3.8, 4) is 0 Å². The van der Waals surface area contributed by atoms with Crippen molar-refractivity contribution < 1.29 is 0 Å². The van der Waals surface area contributed by atoms with Crippen LogP contribution in [-0.2, 0) is 0 Å². The van der Waals surface area contributed by atoms with Gasteiger partial charge in [-0.1, -0.05) is 69.7 Å². The number of rotatable bonds is 5. The van der Waals surface area contributed by atoms with Gasteiger partial charge in [-0.2, -0.15) is 0 Å². The first-order valence-corrected chi connectivity index (χ1v) is 11.6. The molecule has 0 radical (unpaired) electrons. The van der Waals surface area contributed by atoms with E-state index in [1.807, 2.05) is 0 Å². The summed E-state index contributed by atoms with van der Waals surface area (Å²) in [5.74, 6) is 3.31. The predicted octanol–water partition coefficient (Wildman–Crippen LogP) is 8.42. The van der Waals surface area contributed by atoms with E-state index < -0.39 is 0 Å². The molecule has 0 heterocycles. The van der Waals surface area contributed by atoms with Crippen molar-refractivity contribution in [1.29, 1.82) is 0 Å². The molecule has 3 saturated carbocycles. The minimum absolute atomic E-state index is 0.529. The molecule has 1 unspecified atom stereocenters. The van der Waals surface area contributed by atoms with Gasteiger partial charge < -0.3 is 0 Å². The fourth-order valence-electron chi connectivity index (χ4n) is 5.96. The molecule has 3 aliphatic rings. The van der Waals surface area contributed by atoms with Crippen LogP contribution in [0.25, 0.3) is 0 Å². The van der Waals surface area contributed by atoms with Crippen LogP contribution in [0.3, 0.4) is 0 Å². The molecule has 3 aliphatic carbocycles. The van der Waals surface area contributed by atoms with Crippen LogP contribution < -0.4 is 0 Å². The second-order valence-corrected chi connectivity index (χ2v) is 10.4. The maximum Gasteiger partial charge on any atom is -0.0143 e. The Kier molecular flexibility index (Phi) is 6.88. The van der Waals surface area contributed by atoms with Gasteiger partial charge >= 0.3 is 0 Å². The summed E-state index contributed by atoms with van der Waals surface area (Å²) in [7, 11) is 0. The molecule has 3 rings (SSSR count). The van der Waals surface area contributed by atoms with Gasteiger partial charge in [-0.3, -0.25) is 0 Å². The molecule has 150 valence electrons. The molecular weight excluding hydrogens is 324 g/mol. The van der Waals surface area contributed by atoms with E-state index in [0.29, 0.717) is 5.41 Å². The van der Waals surface area contributed by atoms with Gasteiger partial charge in [0.05, 0.1) is 0 Å². The molecule has 0 saturated heterocycles. The first kappa shape index (κ1) is 20.7. The molecule has 0 heteroatoms. The molecule has 0 N–H and O–H groups in total. The average molecular weight is 367 g/mol. The van der Waals surface area contributed by atoms with E-state index in [4.69, 9.17) is 0 Å². The first-order valence-electron chi connectivity index (χ1n) is 11.6. The van der Waals surface area contributed by atoms with Crippen LogP contribution in [0.2, 0.25) is 0 Å². The first-order chi connectivity index (χ1) is 12.9. The van der Waals surface area contributed by atoms with Crippen LogP contribution in [-0.4, -0.2) is 0 Å². The van der Waals surface area contributed by atoms with Gasteiger partial charge in [0.2, 0.25) is 0 Å². The highest BCUT2D eigenvalue weighted by molar-refractivity contribution is 5.36. The lowest BCUT2D eigenvalue weighted by Crippen LogP contribution is -2.33. The van der Waals surface area contributed by atoms with E-state index in [0.717, 1.165) is 23.7 Å². The fourth-order valence-corrected chi connectivity index (χ4v) is 5.96. The van der Waals surface area contributed by atoms with Crippen molar-refractivity contribution in [3.05, 3.63) is 47.6 Å². The lowest BCUT2D eigenvalue weighted by atomic mass is 9.63. The third-order valence-corrected chi connectivity index (χ3v) is 7.82.